The molecule has 1 aliphatic carbocycles. The highest BCUT2D eigenvalue weighted by atomic mass is 19.1. The van der Waals surface area contributed by atoms with Crippen LogP contribution in [0, 0.1) is 5.82 Å². The minimum absolute atomic E-state index is 0.380. The summed E-state index contributed by atoms with van der Waals surface area (Å²) in [5, 5.41) is 8.94. The van der Waals surface area contributed by atoms with Crippen LogP contribution in [0.5, 0.6) is 0 Å². The quantitative estimate of drug-likeness (QED) is 0.745. The van der Waals surface area contributed by atoms with Crippen molar-refractivity contribution in [3.63, 3.8) is 0 Å². The Morgan fingerprint density at radius 2 is 2.29 bits per heavy atom. The first-order valence-corrected chi connectivity index (χ1v) is 4.70. The SMILES string of the molecule is O=C(O)C1CCCc2cccc(F)c21. The highest BCUT2D eigenvalue weighted by Crippen LogP contribution is 2.33. The molecular formula is C11H11FO2. The van der Waals surface area contributed by atoms with Gasteiger partial charge in [0.2, 0.25) is 0 Å². The Kier molecular flexibility index (Phi) is 2.23. The van der Waals surface area contributed by atoms with Gasteiger partial charge in [-0.1, -0.05) is 12.1 Å². The van der Waals surface area contributed by atoms with Gasteiger partial charge < -0.3 is 5.11 Å². The average molecular weight is 194 g/mol. The van der Waals surface area contributed by atoms with Crippen LogP contribution in [0.25, 0.3) is 0 Å². The molecule has 1 aromatic rings. The highest BCUT2D eigenvalue weighted by molar-refractivity contribution is 5.77. The van der Waals surface area contributed by atoms with Gasteiger partial charge in [-0.25, -0.2) is 4.39 Å². The van der Waals surface area contributed by atoms with Gasteiger partial charge in [0.15, 0.2) is 0 Å². The molecule has 0 aliphatic heterocycles. The molecule has 0 saturated heterocycles. The molecule has 74 valence electrons. The van der Waals surface area contributed by atoms with E-state index < -0.39 is 11.9 Å². The topological polar surface area (TPSA) is 37.3 Å². The van der Waals surface area contributed by atoms with E-state index in [1.165, 1.54) is 6.07 Å². The maximum absolute atomic E-state index is 13.4. The summed E-state index contributed by atoms with van der Waals surface area (Å²) >= 11 is 0. The third-order valence-corrected chi connectivity index (χ3v) is 2.73. The monoisotopic (exact) mass is 194 g/mol. The molecule has 1 aromatic carbocycles. The number of fused-ring (bicyclic) bond motifs is 1. The van der Waals surface area contributed by atoms with Gasteiger partial charge in [-0.05, 0) is 30.9 Å². The summed E-state index contributed by atoms with van der Waals surface area (Å²) in [7, 11) is 0. The fraction of sp³-hybridized carbons (Fsp3) is 0.364. The summed E-state index contributed by atoms with van der Waals surface area (Å²) in [6, 6.07) is 4.78. The summed E-state index contributed by atoms with van der Waals surface area (Å²) in [5.74, 6) is -1.95. The van der Waals surface area contributed by atoms with Crippen molar-refractivity contribution in [1.29, 1.82) is 0 Å². The number of carbonyl (C=O) groups is 1. The molecule has 0 fully saturated rings. The van der Waals surface area contributed by atoms with Gasteiger partial charge in [-0.15, -0.1) is 0 Å². The average Bonchev–Trinajstić information content (AvgIpc) is 2.17. The zero-order valence-corrected chi connectivity index (χ0v) is 7.66. The molecule has 2 nitrogen and oxygen atoms in total. The molecule has 0 aromatic heterocycles. The first-order chi connectivity index (χ1) is 6.70. The number of carboxylic acids is 1. The van der Waals surface area contributed by atoms with Crippen LogP contribution in [-0.4, -0.2) is 11.1 Å². The van der Waals surface area contributed by atoms with Crippen LogP contribution in [0.15, 0.2) is 18.2 Å². The van der Waals surface area contributed by atoms with Crippen LogP contribution in [0.2, 0.25) is 0 Å². The summed E-state index contributed by atoms with van der Waals surface area (Å²) in [6.45, 7) is 0. The molecule has 0 radical (unpaired) electrons. The van der Waals surface area contributed by atoms with Gasteiger partial charge in [0.1, 0.15) is 5.82 Å². The lowest BCUT2D eigenvalue weighted by Gasteiger charge is -2.22. The molecule has 0 bridgehead atoms. The smallest absolute Gasteiger partial charge is 0.311 e. The van der Waals surface area contributed by atoms with Crippen molar-refractivity contribution in [2.45, 2.75) is 25.2 Å². The minimum atomic E-state index is -0.920. The molecule has 0 heterocycles. The number of aryl methyl sites for hydroxylation is 1. The van der Waals surface area contributed by atoms with Crippen molar-refractivity contribution >= 4 is 5.97 Å². The van der Waals surface area contributed by atoms with Crippen molar-refractivity contribution in [2.75, 3.05) is 0 Å². The van der Waals surface area contributed by atoms with E-state index in [0.717, 1.165) is 18.4 Å². The van der Waals surface area contributed by atoms with Crippen molar-refractivity contribution in [2.24, 2.45) is 0 Å². The number of benzene rings is 1. The number of aliphatic carboxylic acids is 1. The predicted octanol–water partition coefficient (Wildman–Crippen LogP) is 2.33. The summed E-state index contributed by atoms with van der Waals surface area (Å²) in [6.07, 6.45) is 2.16. The minimum Gasteiger partial charge on any atom is -0.481 e. The Morgan fingerprint density at radius 3 is 3.00 bits per heavy atom. The van der Waals surface area contributed by atoms with Gasteiger partial charge in [-0.3, -0.25) is 4.79 Å². The van der Waals surface area contributed by atoms with E-state index >= 15 is 0 Å². The van der Waals surface area contributed by atoms with E-state index in [1.807, 2.05) is 6.07 Å². The van der Waals surface area contributed by atoms with E-state index in [9.17, 15) is 9.18 Å². The molecule has 1 aliphatic rings. The highest BCUT2D eigenvalue weighted by Gasteiger charge is 2.28. The second-order valence-corrected chi connectivity index (χ2v) is 3.60. The Morgan fingerprint density at radius 1 is 1.50 bits per heavy atom. The normalized spacial score (nSPS) is 20.2. The van der Waals surface area contributed by atoms with Gasteiger partial charge in [0.25, 0.3) is 0 Å². The molecule has 1 N–H and O–H groups in total. The van der Waals surface area contributed by atoms with Crippen LogP contribution in [0.3, 0.4) is 0 Å². The molecule has 1 unspecified atom stereocenters. The largest absolute Gasteiger partial charge is 0.481 e. The third-order valence-electron chi connectivity index (χ3n) is 2.73. The zero-order valence-electron chi connectivity index (χ0n) is 7.66. The Hall–Kier alpha value is -1.38. The number of carboxylic acid groups (broad SMARTS) is 1. The standard InChI is InChI=1S/C11H11FO2/c12-9-6-2-4-7-3-1-5-8(10(7)9)11(13)14/h2,4,6,8H,1,3,5H2,(H,13,14). The van der Waals surface area contributed by atoms with Crippen molar-refractivity contribution in [3.8, 4) is 0 Å². The van der Waals surface area contributed by atoms with Crippen LogP contribution >= 0.6 is 0 Å². The lowest BCUT2D eigenvalue weighted by atomic mass is 9.82. The summed E-state index contributed by atoms with van der Waals surface area (Å²) in [4.78, 5) is 10.9. The molecule has 0 spiro atoms. The molecule has 3 heteroatoms. The van der Waals surface area contributed by atoms with E-state index in [4.69, 9.17) is 5.11 Å². The lowest BCUT2D eigenvalue weighted by molar-refractivity contribution is -0.139. The number of halogens is 1. The van der Waals surface area contributed by atoms with Crippen LogP contribution in [0.4, 0.5) is 4.39 Å². The second kappa shape index (κ2) is 3.40. The first kappa shape index (κ1) is 9.19. The Labute approximate surface area is 81.4 Å². The maximum Gasteiger partial charge on any atom is 0.311 e. The zero-order chi connectivity index (χ0) is 10.1. The third kappa shape index (κ3) is 1.39. The maximum atomic E-state index is 13.4. The van der Waals surface area contributed by atoms with Gasteiger partial charge >= 0.3 is 5.97 Å². The van der Waals surface area contributed by atoms with E-state index in [-0.39, 0.29) is 5.82 Å². The van der Waals surface area contributed by atoms with Crippen LogP contribution in [0.1, 0.15) is 29.9 Å². The van der Waals surface area contributed by atoms with Crippen molar-refractivity contribution in [1.82, 2.24) is 0 Å². The van der Waals surface area contributed by atoms with Gasteiger partial charge in [0.05, 0.1) is 5.92 Å². The number of hydrogen-bond donors (Lipinski definition) is 1. The van der Waals surface area contributed by atoms with Gasteiger partial charge in [-0.2, -0.15) is 0 Å². The molecule has 14 heavy (non-hydrogen) atoms. The summed E-state index contributed by atoms with van der Waals surface area (Å²) < 4.78 is 13.4. The lowest BCUT2D eigenvalue weighted by Crippen LogP contribution is -2.19. The molecule has 0 saturated carbocycles. The van der Waals surface area contributed by atoms with E-state index in [0.29, 0.717) is 12.0 Å². The number of rotatable bonds is 1. The fourth-order valence-corrected chi connectivity index (χ4v) is 2.08. The molecule has 2 rings (SSSR count). The Bertz CT molecular complexity index is 374. The summed E-state index contributed by atoms with van der Waals surface area (Å²) in [5.41, 5.74) is 1.25. The predicted molar refractivity (Wildman–Crippen MR) is 49.7 cm³/mol. The van der Waals surface area contributed by atoms with Crippen LogP contribution < -0.4 is 0 Å². The molecule has 1 atom stereocenters. The van der Waals surface area contributed by atoms with E-state index in [2.05, 4.69) is 0 Å². The van der Waals surface area contributed by atoms with Crippen molar-refractivity contribution in [3.05, 3.63) is 35.1 Å². The van der Waals surface area contributed by atoms with Crippen LogP contribution in [-0.2, 0) is 11.2 Å². The van der Waals surface area contributed by atoms with Gasteiger partial charge in [0, 0.05) is 5.56 Å². The molecular weight excluding hydrogens is 183 g/mol. The van der Waals surface area contributed by atoms with E-state index in [1.54, 1.807) is 6.07 Å². The number of hydrogen-bond acceptors (Lipinski definition) is 1. The Balaban J connectivity index is 2.52. The molecule has 0 amide bonds. The fourth-order valence-electron chi connectivity index (χ4n) is 2.08. The second-order valence-electron chi connectivity index (χ2n) is 3.60. The first-order valence-electron chi connectivity index (χ1n) is 4.70. The van der Waals surface area contributed by atoms with Crippen molar-refractivity contribution < 1.29 is 14.3 Å².